The molecule has 7 heteroatoms. The van der Waals surface area contributed by atoms with E-state index in [-0.39, 0.29) is 0 Å². The predicted octanol–water partition coefficient (Wildman–Crippen LogP) is 3.99. The summed E-state index contributed by atoms with van der Waals surface area (Å²) < 4.78 is 7.67. The van der Waals surface area contributed by atoms with E-state index in [0.717, 1.165) is 80.7 Å². The number of nitrogens with zero attached hydrogens (tertiary/aromatic N) is 6. The first-order valence-corrected chi connectivity index (χ1v) is 12.3. The number of aromatic nitrogens is 3. The van der Waals surface area contributed by atoms with Crippen LogP contribution >= 0.6 is 0 Å². The zero-order valence-electron chi connectivity index (χ0n) is 20.8. The molecule has 0 saturated carbocycles. The molecule has 178 valence electrons. The Hall–Kier alpha value is -2.64. The molecule has 1 aliphatic heterocycles. The van der Waals surface area contributed by atoms with Crippen molar-refractivity contribution >= 4 is 11.5 Å². The number of likely N-dealkylation sites (N-methyl/N-ethyl adjacent to an activating group) is 1. The molecule has 0 spiro atoms. The summed E-state index contributed by atoms with van der Waals surface area (Å²) in [5.74, 6) is 2.40. The zero-order valence-corrected chi connectivity index (χ0v) is 20.8. The van der Waals surface area contributed by atoms with E-state index < -0.39 is 0 Å². The van der Waals surface area contributed by atoms with Crippen molar-refractivity contribution in [2.45, 2.75) is 33.6 Å². The number of hydrogen-bond donors (Lipinski definition) is 0. The minimum absolute atomic E-state index is 0.443. The standard InChI is InChI=1S/C26H38N6O/c1-6-29(7-2)12-13-30-14-16-31(17-15-30)25-10-11-27-26-23(19-28-32(25)26)22-18-21(20(3)4)8-9-24(22)33-5/h8-11,18-20H,6-7,12-17H2,1-5H3. The first-order valence-electron chi connectivity index (χ1n) is 12.3. The first kappa shape index (κ1) is 23.5. The van der Waals surface area contributed by atoms with Gasteiger partial charge in [-0.25, -0.2) is 4.98 Å². The van der Waals surface area contributed by atoms with Crippen LogP contribution in [0.4, 0.5) is 5.82 Å². The average Bonchev–Trinajstić information content (AvgIpc) is 3.29. The summed E-state index contributed by atoms with van der Waals surface area (Å²) >= 11 is 0. The van der Waals surface area contributed by atoms with Gasteiger partial charge in [0.1, 0.15) is 11.6 Å². The second kappa shape index (κ2) is 10.5. The summed E-state index contributed by atoms with van der Waals surface area (Å²) in [6.07, 6.45) is 3.83. The third-order valence-electron chi connectivity index (χ3n) is 6.88. The molecule has 0 bridgehead atoms. The van der Waals surface area contributed by atoms with Gasteiger partial charge in [-0.05, 0) is 42.8 Å². The van der Waals surface area contributed by atoms with E-state index in [1.54, 1.807) is 7.11 Å². The van der Waals surface area contributed by atoms with Crippen molar-refractivity contribution in [2.75, 3.05) is 64.4 Å². The van der Waals surface area contributed by atoms with Gasteiger partial charge in [0.15, 0.2) is 5.65 Å². The highest BCUT2D eigenvalue weighted by Crippen LogP contribution is 2.35. The van der Waals surface area contributed by atoms with Gasteiger partial charge in [0.25, 0.3) is 0 Å². The van der Waals surface area contributed by atoms with E-state index in [4.69, 9.17) is 14.8 Å². The Bertz CT molecular complexity index is 1050. The van der Waals surface area contributed by atoms with Crippen molar-refractivity contribution in [1.29, 1.82) is 0 Å². The number of anilines is 1. The van der Waals surface area contributed by atoms with Crippen LogP contribution in [0.15, 0.2) is 36.7 Å². The van der Waals surface area contributed by atoms with Gasteiger partial charge in [-0.2, -0.15) is 9.61 Å². The average molecular weight is 451 g/mol. The predicted molar refractivity (Wildman–Crippen MR) is 136 cm³/mol. The van der Waals surface area contributed by atoms with Gasteiger partial charge in [-0.3, -0.25) is 4.90 Å². The summed E-state index contributed by atoms with van der Waals surface area (Å²) in [6.45, 7) is 17.6. The minimum atomic E-state index is 0.443. The van der Waals surface area contributed by atoms with E-state index in [9.17, 15) is 0 Å². The number of methoxy groups -OCH3 is 1. The van der Waals surface area contributed by atoms with Crippen LogP contribution < -0.4 is 9.64 Å². The van der Waals surface area contributed by atoms with Crippen LogP contribution in [0.1, 0.15) is 39.2 Å². The van der Waals surface area contributed by atoms with E-state index in [1.165, 1.54) is 5.56 Å². The third-order valence-corrected chi connectivity index (χ3v) is 6.88. The summed E-state index contributed by atoms with van der Waals surface area (Å²) in [6, 6.07) is 8.48. The molecule has 0 aliphatic carbocycles. The van der Waals surface area contributed by atoms with Gasteiger partial charge in [0, 0.05) is 51.0 Å². The lowest BCUT2D eigenvalue weighted by Gasteiger charge is -2.36. The minimum Gasteiger partial charge on any atom is -0.496 e. The van der Waals surface area contributed by atoms with Crippen LogP contribution in [0, 0.1) is 0 Å². The van der Waals surface area contributed by atoms with E-state index >= 15 is 0 Å². The highest BCUT2D eigenvalue weighted by Gasteiger charge is 2.22. The normalized spacial score (nSPS) is 15.2. The molecule has 1 aliphatic rings. The molecule has 33 heavy (non-hydrogen) atoms. The van der Waals surface area contributed by atoms with Gasteiger partial charge in [-0.1, -0.05) is 33.8 Å². The Balaban J connectivity index is 1.55. The number of ether oxygens (including phenoxy) is 1. The molecular weight excluding hydrogens is 412 g/mol. The van der Waals surface area contributed by atoms with Crippen LogP contribution in [0.2, 0.25) is 0 Å². The Kier molecular flexibility index (Phi) is 7.50. The summed E-state index contributed by atoms with van der Waals surface area (Å²) in [5.41, 5.74) is 4.21. The van der Waals surface area contributed by atoms with Gasteiger partial charge in [0.05, 0.1) is 18.9 Å². The largest absolute Gasteiger partial charge is 0.496 e. The van der Waals surface area contributed by atoms with Crippen molar-refractivity contribution < 1.29 is 4.74 Å². The molecule has 3 heterocycles. The van der Waals surface area contributed by atoms with Crippen LogP contribution in [-0.2, 0) is 0 Å². The molecule has 7 nitrogen and oxygen atoms in total. The molecule has 0 radical (unpaired) electrons. The molecular formula is C26H38N6O. The van der Waals surface area contributed by atoms with Crippen molar-refractivity contribution in [1.82, 2.24) is 24.4 Å². The molecule has 4 rings (SSSR count). The van der Waals surface area contributed by atoms with Crippen LogP contribution in [-0.4, -0.2) is 83.9 Å². The van der Waals surface area contributed by atoms with E-state index in [2.05, 4.69) is 66.7 Å². The lowest BCUT2D eigenvalue weighted by atomic mass is 9.97. The fourth-order valence-electron chi connectivity index (χ4n) is 4.63. The van der Waals surface area contributed by atoms with Gasteiger partial charge < -0.3 is 14.5 Å². The molecule has 1 fully saturated rings. The van der Waals surface area contributed by atoms with Gasteiger partial charge in [0.2, 0.25) is 0 Å². The summed E-state index contributed by atoms with van der Waals surface area (Å²) in [4.78, 5) is 12.2. The number of benzene rings is 1. The number of rotatable bonds is 9. The highest BCUT2D eigenvalue weighted by atomic mass is 16.5. The molecule has 1 saturated heterocycles. The fraction of sp³-hybridized carbons (Fsp3) is 0.538. The Morgan fingerprint density at radius 3 is 2.45 bits per heavy atom. The summed E-state index contributed by atoms with van der Waals surface area (Å²) in [7, 11) is 1.72. The lowest BCUT2D eigenvalue weighted by molar-refractivity contribution is 0.205. The molecule has 0 amide bonds. The molecule has 0 atom stereocenters. The van der Waals surface area contributed by atoms with Crippen molar-refractivity contribution in [3.8, 4) is 16.9 Å². The molecule has 2 aromatic heterocycles. The maximum atomic E-state index is 5.68. The first-order chi connectivity index (χ1) is 16.0. The number of hydrogen-bond acceptors (Lipinski definition) is 6. The number of piperazine rings is 1. The van der Waals surface area contributed by atoms with Crippen LogP contribution in [0.25, 0.3) is 16.8 Å². The molecule has 3 aromatic rings. The Morgan fingerprint density at radius 1 is 1.03 bits per heavy atom. The second-order valence-electron chi connectivity index (χ2n) is 9.07. The Labute approximate surface area is 198 Å². The third kappa shape index (κ3) is 4.99. The topological polar surface area (TPSA) is 49.1 Å². The van der Waals surface area contributed by atoms with E-state index in [1.807, 2.05) is 16.9 Å². The van der Waals surface area contributed by atoms with Gasteiger partial charge in [-0.15, -0.1) is 0 Å². The molecule has 0 unspecified atom stereocenters. The van der Waals surface area contributed by atoms with Crippen molar-refractivity contribution in [3.05, 3.63) is 42.2 Å². The highest BCUT2D eigenvalue weighted by molar-refractivity contribution is 5.82. The monoisotopic (exact) mass is 450 g/mol. The number of fused-ring (bicyclic) bond motifs is 1. The van der Waals surface area contributed by atoms with Crippen molar-refractivity contribution in [2.24, 2.45) is 0 Å². The SMILES string of the molecule is CCN(CC)CCN1CCN(c2ccnc3c(-c4cc(C(C)C)ccc4OC)cnn23)CC1. The summed E-state index contributed by atoms with van der Waals surface area (Å²) in [5, 5.41) is 4.76. The maximum absolute atomic E-state index is 5.68. The zero-order chi connectivity index (χ0) is 23.4. The Morgan fingerprint density at radius 2 is 1.79 bits per heavy atom. The van der Waals surface area contributed by atoms with E-state index in [0.29, 0.717) is 5.92 Å². The van der Waals surface area contributed by atoms with Crippen LogP contribution in [0.3, 0.4) is 0 Å². The van der Waals surface area contributed by atoms with Crippen LogP contribution in [0.5, 0.6) is 5.75 Å². The fourth-order valence-corrected chi connectivity index (χ4v) is 4.63. The lowest BCUT2D eigenvalue weighted by Crippen LogP contribution is -2.49. The van der Waals surface area contributed by atoms with Crippen molar-refractivity contribution in [3.63, 3.8) is 0 Å². The quantitative estimate of drug-likeness (QED) is 0.491. The smallest absolute Gasteiger partial charge is 0.165 e. The molecule has 0 N–H and O–H groups in total. The molecule has 1 aromatic carbocycles. The van der Waals surface area contributed by atoms with Gasteiger partial charge >= 0.3 is 0 Å². The maximum Gasteiger partial charge on any atom is 0.165 e. The second-order valence-corrected chi connectivity index (χ2v) is 9.07.